The molecule has 0 aliphatic heterocycles. The molecule has 0 saturated heterocycles. The number of aromatic nitrogens is 2. The number of rotatable bonds is 7. The summed E-state index contributed by atoms with van der Waals surface area (Å²) in [7, 11) is 0. The molecule has 106 valence electrons. The van der Waals surface area contributed by atoms with Gasteiger partial charge in [-0.25, -0.2) is 0 Å². The van der Waals surface area contributed by atoms with Gasteiger partial charge >= 0.3 is 5.97 Å². The maximum Gasteiger partial charge on any atom is 0.325 e. The minimum Gasteiger partial charge on any atom is -0.480 e. The Labute approximate surface area is 120 Å². The topological polar surface area (TPSA) is 84.2 Å². The molecule has 20 heavy (non-hydrogen) atoms. The van der Waals surface area contributed by atoms with Crippen LogP contribution in [0.15, 0.2) is 29.8 Å². The monoisotopic (exact) mass is 293 g/mol. The van der Waals surface area contributed by atoms with Gasteiger partial charge in [-0.3, -0.25) is 14.3 Å². The molecule has 0 fully saturated rings. The molecule has 0 aliphatic carbocycles. The number of carbonyl (C=O) groups excluding carboxylic acids is 1. The Kier molecular flexibility index (Phi) is 4.89. The van der Waals surface area contributed by atoms with Crippen LogP contribution in [-0.4, -0.2) is 26.8 Å². The van der Waals surface area contributed by atoms with E-state index in [1.54, 1.807) is 17.4 Å². The molecule has 0 unspecified atom stereocenters. The number of aryl methyl sites for hydroxylation is 1. The molecule has 0 atom stereocenters. The molecule has 0 spiro atoms. The van der Waals surface area contributed by atoms with E-state index in [1.807, 2.05) is 11.4 Å². The summed E-state index contributed by atoms with van der Waals surface area (Å²) in [5, 5.41) is 17.2. The fourth-order valence-corrected chi connectivity index (χ4v) is 2.49. The van der Waals surface area contributed by atoms with E-state index in [4.69, 9.17) is 5.11 Å². The van der Waals surface area contributed by atoms with E-state index >= 15 is 0 Å². The van der Waals surface area contributed by atoms with Crippen LogP contribution < -0.4 is 5.32 Å². The van der Waals surface area contributed by atoms with Crippen LogP contribution >= 0.6 is 11.3 Å². The number of hydrogen-bond acceptors (Lipinski definition) is 4. The maximum absolute atomic E-state index is 11.7. The zero-order valence-corrected chi connectivity index (χ0v) is 11.6. The van der Waals surface area contributed by atoms with Gasteiger partial charge in [-0.1, -0.05) is 6.07 Å². The van der Waals surface area contributed by atoms with Crippen molar-refractivity contribution in [2.45, 2.75) is 25.8 Å². The summed E-state index contributed by atoms with van der Waals surface area (Å²) in [6.45, 7) is -0.214. The van der Waals surface area contributed by atoms with Crippen molar-refractivity contribution in [3.63, 3.8) is 0 Å². The fourth-order valence-electron chi connectivity index (χ4n) is 1.74. The fraction of sp³-hybridized carbons (Fsp3) is 0.308. The van der Waals surface area contributed by atoms with Gasteiger partial charge in [0, 0.05) is 23.6 Å². The Morgan fingerprint density at radius 3 is 2.95 bits per heavy atom. The average molecular weight is 293 g/mol. The number of carboxylic acid groups (broad SMARTS) is 1. The van der Waals surface area contributed by atoms with Crippen LogP contribution in [0.3, 0.4) is 0 Å². The molecule has 1 amide bonds. The molecular formula is C13H15N3O3S. The number of hydrogen-bond donors (Lipinski definition) is 2. The first-order valence-corrected chi connectivity index (χ1v) is 7.09. The van der Waals surface area contributed by atoms with Gasteiger partial charge in [0.2, 0.25) is 5.91 Å². The summed E-state index contributed by atoms with van der Waals surface area (Å²) in [5.41, 5.74) is 0. The van der Waals surface area contributed by atoms with Crippen LogP contribution in [0, 0.1) is 0 Å². The molecule has 2 heterocycles. The van der Waals surface area contributed by atoms with E-state index < -0.39 is 5.97 Å². The van der Waals surface area contributed by atoms with Gasteiger partial charge in [0.25, 0.3) is 0 Å². The summed E-state index contributed by atoms with van der Waals surface area (Å²) in [6.07, 6.45) is 3.61. The molecule has 2 rings (SSSR count). The number of carbonyl (C=O) groups is 2. The Bertz CT molecular complexity index is 577. The summed E-state index contributed by atoms with van der Waals surface area (Å²) in [4.78, 5) is 23.5. The summed E-state index contributed by atoms with van der Waals surface area (Å²) >= 11 is 1.68. The Morgan fingerprint density at radius 2 is 2.25 bits per heavy atom. The first-order valence-electron chi connectivity index (χ1n) is 6.21. The van der Waals surface area contributed by atoms with Crippen molar-refractivity contribution in [3.05, 3.63) is 34.7 Å². The summed E-state index contributed by atoms with van der Waals surface area (Å²) in [5.74, 6) is -0.698. The molecule has 0 aliphatic rings. The van der Waals surface area contributed by atoms with E-state index in [9.17, 15) is 9.59 Å². The predicted molar refractivity (Wildman–Crippen MR) is 75.7 cm³/mol. The first kappa shape index (κ1) is 14.3. The van der Waals surface area contributed by atoms with Crippen LogP contribution in [0.5, 0.6) is 0 Å². The van der Waals surface area contributed by atoms with Crippen molar-refractivity contribution in [3.8, 4) is 0 Å². The zero-order valence-electron chi connectivity index (χ0n) is 10.8. The standard InChI is InChI=1S/C13H15N3O3S/c17-12(5-1-3-10-4-2-8-20-10)14-11-6-7-16(15-11)9-13(18)19/h2,4,6-8H,1,3,5,9H2,(H,18,19)(H,14,15,17). The molecule has 0 saturated carbocycles. The molecule has 7 heteroatoms. The van der Waals surface area contributed by atoms with Gasteiger partial charge in [0.1, 0.15) is 6.54 Å². The largest absolute Gasteiger partial charge is 0.480 e. The van der Waals surface area contributed by atoms with Crippen molar-refractivity contribution in [1.29, 1.82) is 0 Å². The number of nitrogens with one attached hydrogen (secondary N) is 1. The van der Waals surface area contributed by atoms with E-state index in [0.29, 0.717) is 12.2 Å². The minimum absolute atomic E-state index is 0.109. The van der Waals surface area contributed by atoms with E-state index in [0.717, 1.165) is 12.8 Å². The number of thiophene rings is 1. The summed E-state index contributed by atoms with van der Waals surface area (Å²) < 4.78 is 1.27. The highest BCUT2D eigenvalue weighted by molar-refractivity contribution is 7.09. The minimum atomic E-state index is -0.970. The molecule has 2 N–H and O–H groups in total. The van der Waals surface area contributed by atoms with Crippen LogP contribution in [0.25, 0.3) is 0 Å². The van der Waals surface area contributed by atoms with Gasteiger partial charge in [-0.05, 0) is 24.3 Å². The van der Waals surface area contributed by atoms with Crippen LogP contribution in [0.2, 0.25) is 0 Å². The van der Waals surface area contributed by atoms with E-state index in [1.165, 1.54) is 15.8 Å². The van der Waals surface area contributed by atoms with Crippen LogP contribution in [0.1, 0.15) is 17.7 Å². The second-order valence-electron chi connectivity index (χ2n) is 4.27. The quantitative estimate of drug-likeness (QED) is 0.817. The zero-order chi connectivity index (χ0) is 14.4. The van der Waals surface area contributed by atoms with E-state index in [2.05, 4.69) is 16.5 Å². The number of nitrogens with zero attached hydrogens (tertiary/aromatic N) is 2. The number of carboxylic acids is 1. The van der Waals surface area contributed by atoms with E-state index in [-0.39, 0.29) is 12.5 Å². The molecule has 0 aromatic carbocycles. The molecular weight excluding hydrogens is 278 g/mol. The SMILES string of the molecule is O=C(O)Cn1ccc(NC(=O)CCCc2cccs2)n1. The van der Waals surface area contributed by atoms with Gasteiger partial charge in [-0.15, -0.1) is 11.3 Å². The summed E-state index contributed by atoms with van der Waals surface area (Å²) in [6, 6.07) is 5.63. The second kappa shape index (κ2) is 6.85. The molecule has 6 nitrogen and oxygen atoms in total. The second-order valence-corrected chi connectivity index (χ2v) is 5.31. The normalized spacial score (nSPS) is 10.4. The average Bonchev–Trinajstić information content (AvgIpc) is 3.00. The number of aliphatic carboxylic acids is 1. The van der Waals surface area contributed by atoms with Gasteiger partial charge in [0.15, 0.2) is 5.82 Å². The lowest BCUT2D eigenvalue weighted by molar-refractivity contribution is -0.137. The first-order chi connectivity index (χ1) is 9.63. The third-order valence-electron chi connectivity index (χ3n) is 2.61. The van der Waals surface area contributed by atoms with Gasteiger partial charge in [-0.2, -0.15) is 5.10 Å². The lowest BCUT2D eigenvalue weighted by Crippen LogP contribution is -2.13. The highest BCUT2D eigenvalue weighted by Crippen LogP contribution is 2.12. The van der Waals surface area contributed by atoms with Crippen LogP contribution in [-0.2, 0) is 22.6 Å². The van der Waals surface area contributed by atoms with Crippen molar-refractivity contribution in [1.82, 2.24) is 9.78 Å². The van der Waals surface area contributed by atoms with Crippen molar-refractivity contribution >= 4 is 29.0 Å². The number of amides is 1. The highest BCUT2D eigenvalue weighted by atomic mass is 32.1. The smallest absolute Gasteiger partial charge is 0.325 e. The molecule has 2 aromatic heterocycles. The van der Waals surface area contributed by atoms with Gasteiger partial charge < -0.3 is 10.4 Å². The lowest BCUT2D eigenvalue weighted by Gasteiger charge is -2.01. The Balaban J connectivity index is 1.73. The van der Waals surface area contributed by atoms with Crippen molar-refractivity contribution < 1.29 is 14.7 Å². The third-order valence-corrected chi connectivity index (χ3v) is 3.55. The maximum atomic E-state index is 11.7. The van der Waals surface area contributed by atoms with Crippen LogP contribution in [0.4, 0.5) is 5.82 Å². The van der Waals surface area contributed by atoms with Gasteiger partial charge in [0.05, 0.1) is 0 Å². The molecule has 0 radical (unpaired) electrons. The lowest BCUT2D eigenvalue weighted by atomic mass is 10.2. The predicted octanol–water partition coefficient (Wildman–Crippen LogP) is 1.99. The highest BCUT2D eigenvalue weighted by Gasteiger charge is 2.07. The Morgan fingerprint density at radius 1 is 1.40 bits per heavy atom. The number of anilines is 1. The Hall–Kier alpha value is -2.15. The van der Waals surface area contributed by atoms with Crippen molar-refractivity contribution in [2.75, 3.05) is 5.32 Å². The third kappa shape index (κ3) is 4.51. The van der Waals surface area contributed by atoms with Crippen molar-refractivity contribution in [2.24, 2.45) is 0 Å². The molecule has 0 bridgehead atoms. The molecule has 2 aromatic rings.